The van der Waals surface area contributed by atoms with E-state index in [1.54, 1.807) is 35.7 Å². The van der Waals surface area contributed by atoms with Crippen LogP contribution in [0.2, 0.25) is 0 Å². The summed E-state index contributed by atoms with van der Waals surface area (Å²) in [6.07, 6.45) is -0.684. The van der Waals surface area contributed by atoms with Crippen molar-refractivity contribution in [1.82, 2.24) is 9.88 Å². The van der Waals surface area contributed by atoms with Crippen LogP contribution >= 0.6 is 35.3 Å². The van der Waals surface area contributed by atoms with Crippen molar-refractivity contribution in [2.24, 2.45) is 10.7 Å². The monoisotopic (exact) mass is 509 g/mol. The van der Waals surface area contributed by atoms with Crippen molar-refractivity contribution in [3.63, 3.8) is 0 Å². The fourth-order valence-electron chi connectivity index (χ4n) is 2.66. The molecule has 0 saturated carbocycles. The van der Waals surface area contributed by atoms with Crippen molar-refractivity contribution in [2.75, 3.05) is 37.7 Å². The second-order valence-electron chi connectivity index (χ2n) is 5.81. The molecule has 1 saturated heterocycles. The summed E-state index contributed by atoms with van der Waals surface area (Å²) in [4.78, 5) is 13.0. The van der Waals surface area contributed by atoms with E-state index in [-0.39, 0.29) is 24.0 Å². The van der Waals surface area contributed by atoms with Gasteiger partial charge in [0, 0.05) is 37.8 Å². The summed E-state index contributed by atoms with van der Waals surface area (Å²) in [5.74, 6) is 0.899. The van der Waals surface area contributed by atoms with Gasteiger partial charge < -0.3 is 20.3 Å². The molecule has 0 radical (unpaired) electrons. The van der Waals surface area contributed by atoms with E-state index < -0.39 is 13.0 Å². The lowest BCUT2D eigenvalue weighted by molar-refractivity contribution is 0.0818. The largest absolute Gasteiger partial charge is 0.488 e. The molecule has 2 aromatic rings. The molecule has 1 aromatic carbocycles. The maximum absolute atomic E-state index is 12.2. The van der Waals surface area contributed by atoms with Gasteiger partial charge in [0.1, 0.15) is 12.4 Å². The number of ether oxygens (including phenoxy) is 1. The minimum absolute atomic E-state index is 0. The van der Waals surface area contributed by atoms with Crippen molar-refractivity contribution < 1.29 is 13.5 Å². The third kappa shape index (κ3) is 6.45. The predicted molar refractivity (Wildman–Crippen MR) is 115 cm³/mol. The summed E-state index contributed by atoms with van der Waals surface area (Å²) in [7, 11) is 0. The number of nitrogens with two attached hydrogens (primary N) is 1. The maximum atomic E-state index is 12.2. The number of hydrogen-bond acceptors (Lipinski definition) is 5. The van der Waals surface area contributed by atoms with Crippen LogP contribution in [0, 0.1) is 0 Å². The summed E-state index contributed by atoms with van der Waals surface area (Å²) < 4.78 is 29.5. The predicted octanol–water partition coefficient (Wildman–Crippen LogP) is 3.04. The molecule has 1 aliphatic heterocycles. The van der Waals surface area contributed by atoms with Crippen LogP contribution in [0.25, 0.3) is 0 Å². The highest BCUT2D eigenvalue weighted by Crippen LogP contribution is 2.19. The first kappa shape index (κ1) is 21.6. The first-order chi connectivity index (χ1) is 12.6. The van der Waals surface area contributed by atoms with Gasteiger partial charge in [-0.05, 0) is 17.7 Å². The van der Waals surface area contributed by atoms with E-state index in [2.05, 4.69) is 14.9 Å². The Kier molecular flexibility index (Phi) is 8.48. The number of thiazole rings is 1. The summed E-state index contributed by atoms with van der Waals surface area (Å²) in [5, 5.41) is 3.00. The van der Waals surface area contributed by atoms with Crippen molar-refractivity contribution in [1.29, 1.82) is 0 Å². The summed E-state index contributed by atoms with van der Waals surface area (Å²) in [5.41, 5.74) is 6.97. The minimum atomic E-state index is -2.49. The Bertz CT molecular complexity index is 724. The fraction of sp³-hybridized carbons (Fsp3) is 0.412. The van der Waals surface area contributed by atoms with Crippen molar-refractivity contribution in [3.8, 4) is 5.75 Å². The smallest absolute Gasteiger partial charge is 0.272 e. The Morgan fingerprint density at radius 3 is 2.74 bits per heavy atom. The highest BCUT2D eigenvalue weighted by molar-refractivity contribution is 14.0. The molecule has 2 N–H and O–H groups in total. The number of anilines is 1. The summed E-state index contributed by atoms with van der Waals surface area (Å²) >= 11 is 1.63. The fourth-order valence-corrected chi connectivity index (χ4v) is 3.36. The van der Waals surface area contributed by atoms with Crippen molar-refractivity contribution in [3.05, 3.63) is 41.4 Å². The van der Waals surface area contributed by atoms with E-state index >= 15 is 0 Å². The molecule has 27 heavy (non-hydrogen) atoms. The SMILES string of the molecule is I.NC(=NCc1cccc(OCC(F)F)c1)N1CCN(c2nccs2)CC1. The molecule has 148 valence electrons. The Hall–Kier alpha value is -1.69. The number of guanidine groups is 1. The zero-order chi connectivity index (χ0) is 18.4. The van der Waals surface area contributed by atoms with Gasteiger partial charge in [-0.1, -0.05) is 12.1 Å². The van der Waals surface area contributed by atoms with Gasteiger partial charge in [-0.25, -0.2) is 18.8 Å². The van der Waals surface area contributed by atoms with Gasteiger partial charge in [-0.2, -0.15) is 0 Å². The van der Waals surface area contributed by atoms with Crippen LogP contribution in [0.3, 0.4) is 0 Å². The third-order valence-corrected chi connectivity index (χ3v) is 4.82. The summed E-state index contributed by atoms with van der Waals surface area (Å²) in [6, 6.07) is 6.98. The Labute approximate surface area is 178 Å². The minimum Gasteiger partial charge on any atom is -0.488 e. The normalized spacial score (nSPS) is 15.0. The number of piperazine rings is 1. The Balaban J connectivity index is 0.00000261. The van der Waals surface area contributed by atoms with Gasteiger partial charge in [-0.3, -0.25) is 0 Å². The van der Waals surface area contributed by atoms with E-state index in [1.165, 1.54) is 0 Å². The Morgan fingerprint density at radius 1 is 1.30 bits per heavy atom. The highest BCUT2D eigenvalue weighted by atomic mass is 127. The average molecular weight is 509 g/mol. The molecule has 0 atom stereocenters. The average Bonchev–Trinajstić information content (AvgIpc) is 3.20. The first-order valence-corrected chi connectivity index (χ1v) is 9.19. The lowest BCUT2D eigenvalue weighted by atomic mass is 10.2. The van der Waals surface area contributed by atoms with E-state index in [0.29, 0.717) is 18.3 Å². The molecule has 2 heterocycles. The molecule has 0 bridgehead atoms. The van der Waals surface area contributed by atoms with E-state index in [9.17, 15) is 8.78 Å². The van der Waals surface area contributed by atoms with Crippen LogP contribution < -0.4 is 15.4 Å². The topological polar surface area (TPSA) is 67.0 Å². The Morgan fingerprint density at radius 2 is 2.07 bits per heavy atom. The van der Waals surface area contributed by atoms with Gasteiger partial charge in [0.15, 0.2) is 11.1 Å². The molecule has 3 rings (SSSR count). The molecule has 0 unspecified atom stereocenters. The van der Waals surface area contributed by atoms with Crippen LogP contribution in [-0.2, 0) is 6.54 Å². The van der Waals surface area contributed by atoms with Crippen LogP contribution in [0.4, 0.5) is 13.9 Å². The quantitative estimate of drug-likeness (QED) is 0.369. The van der Waals surface area contributed by atoms with Gasteiger partial charge >= 0.3 is 0 Å². The second-order valence-corrected chi connectivity index (χ2v) is 6.69. The molecule has 0 spiro atoms. The molecule has 1 aliphatic rings. The van der Waals surface area contributed by atoms with Gasteiger partial charge in [0.05, 0.1) is 6.54 Å². The molecule has 0 aliphatic carbocycles. The zero-order valence-electron chi connectivity index (χ0n) is 14.6. The van der Waals surface area contributed by atoms with Crippen LogP contribution in [-0.4, -0.2) is 55.1 Å². The third-order valence-electron chi connectivity index (χ3n) is 3.99. The lowest BCUT2D eigenvalue weighted by Crippen LogP contribution is -2.51. The number of hydrogen-bond donors (Lipinski definition) is 1. The van der Waals surface area contributed by atoms with E-state index in [4.69, 9.17) is 10.5 Å². The van der Waals surface area contributed by atoms with Crippen LogP contribution in [0.1, 0.15) is 5.56 Å². The molecule has 6 nitrogen and oxygen atoms in total. The lowest BCUT2D eigenvalue weighted by Gasteiger charge is -2.35. The number of rotatable bonds is 6. The van der Waals surface area contributed by atoms with E-state index in [0.717, 1.165) is 36.9 Å². The summed E-state index contributed by atoms with van der Waals surface area (Å²) in [6.45, 7) is 3.03. The van der Waals surface area contributed by atoms with E-state index in [1.807, 2.05) is 16.3 Å². The zero-order valence-corrected chi connectivity index (χ0v) is 17.8. The van der Waals surface area contributed by atoms with Gasteiger partial charge in [-0.15, -0.1) is 35.3 Å². The van der Waals surface area contributed by atoms with Gasteiger partial charge in [0.25, 0.3) is 6.43 Å². The standard InChI is InChI=1S/C17H21F2N5OS.HI/c18-15(19)12-25-14-3-1-2-13(10-14)11-22-16(20)23-5-7-24(8-6-23)17-21-4-9-26-17;/h1-4,9-10,15H,5-8,11-12H2,(H2,20,22);1H. The van der Waals surface area contributed by atoms with Crippen molar-refractivity contribution >= 4 is 46.4 Å². The van der Waals surface area contributed by atoms with Crippen LogP contribution in [0.5, 0.6) is 5.75 Å². The first-order valence-electron chi connectivity index (χ1n) is 8.31. The molecule has 10 heteroatoms. The highest BCUT2D eigenvalue weighted by Gasteiger charge is 2.19. The maximum Gasteiger partial charge on any atom is 0.272 e. The number of aromatic nitrogens is 1. The number of benzene rings is 1. The molecule has 0 amide bonds. The molecular formula is C17H22F2IN5OS. The number of halogens is 3. The number of alkyl halides is 2. The molecule has 1 aromatic heterocycles. The number of aliphatic imine (C=N–C) groups is 1. The molecular weight excluding hydrogens is 487 g/mol. The van der Waals surface area contributed by atoms with Crippen molar-refractivity contribution in [2.45, 2.75) is 13.0 Å². The van der Waals surface area contributed by atoms with Gasteiger partial charge in [0.2, 0.25) is 0 Å². The van der Waals surface area contributed by atoms with Crippen LogP contribution in [0.15, 0.2) is 40.8 Å². The second kappa shape index (κ2) is 10.6. The molecule has 1 fully saturated rings. The number of nitrogens with zero attached hydrogens (tertiary/aromatic N) is 4.